The lowest BCUT2D eigenvalue weighted by molar-refractivity contribution is 0.344. The molecule has 5 aromatic rings. The molecule has 35 heavy (non-hydrogen) atoms. The van der Waals surface area contributed by atoms with Gasteiger partial charge in [-0.15, -0.1) is 0 Å². The van der Waals surface area contributed by atoms with Crippen LogP contribution in [-0.4, -0.2) is 26.6 Å². The molecule has 0 saturated heterocycles. The van der Waals surface area contributed by atoms with Crippen molar-refractivity contribution in [3.05, 3.63) is 76.1 Å². The van der Waals surface area contributed by atoms with Gasteiger partial charge in [0.05, 0.1) is 40.7 Å². The highest BCUT2D eigenvalue weighted by Gasteiger charge is 2.24. The normalized spacial score (nSPS) is 11.2. The number of aromatic nitrogens is 4. The van der Waals surface area contributed by atoms with Crippen molar-refractivity contribution in [3.8, 4) is 34.2 Å². The van der Waals surface area contributed by atoms with Crippen LogP contribution >= 0.6 is 0 Å². The van der Waals surface area contributed by atoms with Gasteiger partial charge in [0.1, 0.15) is 17.6 Å². The van der Waals surface area contributed by atoms with E-state index in [4.69, 9.17) is 10.5 Å². The van der Waals surface area contributed by atoms with E-state index in [1.807, 2.05) is 13.0 Å². The van der Waals surface area contributed by atoms with Crippen molar-refractivity contribution in [1.82, 2.24) is 20.0 Å². The van der Waals surface area contributed by atoms with Crippen molar-refractivity contribution in [2.24, 2.45) is 12.8 Å². The Balaban J connectivity index is 1.86. The quantitative estimate of drug-likeness (QED) is 0.402. The molecule has 0 aliphatic heterocycles. The summed E-state index contributed by atoms with van der Waals surface area (Å²) >= 11 is 0. The van der Waals surface area contributed by atoms with E-state index < -0.39 is 11.4 Å². The molecular weight excluding hydrogens is 447 g/mol. The fraction of sp³-hybridized carbons (Fsp3) is 0.154. The fourth-order valence-corrected chi connectivity index (χ4v) is 4.50. The van der Waals surface area contributed by atoms with Gasteiger partial charge in [0.2, 0.25) is 0 Å². The number of rotatable bonds is 5. The molecule has 2 aromatic heterocycles. The Kier molecular flexibility index (Phi) is 5.51. The molecule has 0 radical (unpaired) electrons. The highest BCUT2D eigenvalue weighted by Crippen LogP contribution is 2.40. The monoisotopic (exact) mass is 468 g/mol. The summed E-state index contributed by atoms with van der Waals surface area (Å²) < 4.78 is 22.9. The molecule has 0 aliphatic carbocycles. The van der Waals surface area contributed by atoms with Gasteiger partial charge in [0.15, 0.2) is 0 Å². The third-order valence-corrected chi connectivity index (χ3v) is 6.03. The number of hydrogen-bond acceptors (Lipinski definition) is 6. The first-order chi connectivity index (χ1) is 17.0. The molecule has 5 rings (SSSR count). The maximum absolute atomic E-state index is 15.5. The lowest BCUT2D eigenvalue weighted by Crippen LogP contribution is -2.14. The molecule has 0 fully saturated rings. The molecule has 0 amide bonds. The van der Waals surface area contributed by atoms with E-state index in [-0.39, 0.29) is 17.7 Å². The minimum atomic E-state index is -0.531. The number of nitrogens with one attached hydrogen (secondary N) is 1. The average Bonchev–Trinajstić information content (AvgIpc) is 3.24. The summed E-state index contributed by atoms with van der Waals surface area (Å²) in [5.74, 6) is -0.177. The molecule has 8 nitrogen and oxygen atoms in total. The first kappa shape index (κ1) is 22.3. The van der Waals surface area contributed by atoms with Gasteiger partial charge in [-0.05, 0) is 36.1 Å². The van der Waals surface area contributed by atoms with Gasteiger partial charge in [-0.3, -0.25) is 9.48 Å². The van der Waals surface area contributed by atoms with E-state index >= 15 is 4.39 Å². The summed E-state index contributed by atoms with van der Waals surface area (Å²) in [4.78, 5) is 12.6. The second-order valence-electron chi connectivity index (χ2n) is 8.01. The number of nitrogens with two attached hydrogens (primary N) is 1. The lowest BCUT2D eigenvalue weighted by Gasteiger charge is -2.15. The number of aryl methyl sites for hydroxylation is 1. The molecule has 9 heteroatoms. The Hall–Kier alpha value is -4.55. The average molecular weight is 468 g/mol. The Morgan fingerprint density at radius 3 is 2.77 bits per heavy atom. The highest BCUT2D eigenvalue weighted by molar-refractivity contribution is 5.99. The minimum Gasteiger partial charge on any atom is -0.493 e. The van der Waals surface area contributed by atoms with Crippen LogP contribution in [0.5, 0.6) is 5.75 Å². The lowest BCUT2D eigenvalue weighted by atomic mass is 9.92. The predicted octanol–water partition coefficient (Wildman–Crippen LogP) is 4.01. The summed E-state index contributed by atoms with van der Waals surface area (Å²) in [6.45, 7) is 2.24. The van der Waals surface area contributed by atoms with Crippen LogP contribution in [-0.2, 0) is 13.6 Å². The van der Waals surface area contributed by atoms with Crippen LogP contribution in [0.2, 0.25) is 0 Å². The van der Waals surface area contributed by atoms with Gasteiger partial charge in [-0.2, -0.15) is 15.5 Å². The molecule has 0 unspecified atom stereocenters. The Labute approximate surface area is 199 Å². The molecule has 2 heterocycles. The van der Waals surface area contributed by atoms with E-state index in [2.05, 4.69) is 21.4 Å². The molecule has 0 aliphatic rings. The predicted molar refractivity (Wildman–Crippen MR) is 131 cm³/mol. The molecule has 0 saturated carbocycles. The molecule has 0 atom stereocenters. The number of H-pyrrole nitrogens is 1. The van der Waals surface area contributed by atoms with E-state index in [1.54, 1.807) is 43.6 Å². The van der Waals surface area contributed by atoms with Crippen LogP contribution in [0.3, 0.4) is 0 Å². The highest BCUT2D eigenvalue weighted by atomic mass is 19.1. The first-order valence-corrected chi connectivity index (χ1v) is 11.0. The maximum Gasteiger partial charge on any atom is 0.275 e. The molecular formula is C26H21FN6O2. The van der Waals surface area contributed by atoms with Crippen molar-refractivity contribution in [2.75, 3.05) is 6.61 Å². The van der Waals surface area contributed by atoms with Crippen molar-refractivity contribution in [1.29, 1.82) is 5.26 Å². The van der Waals surface area contributed by atoms with E-state index in [0.717, 1.165) is 0 Å². The zero-order chi connectivity index (χ0) is 24.7. The number of nitrogens with zero attached hydrogens (tertiary/aromatic N) is 4. The van der Waals surface area contributed by atoms with E-state index in [9.17, 15) is 10.1 Å². The van der Waals surface area contributed by atoms with Crippen molar-refractivity contribution in [2.45, 2.75) is 13.5 Å². The van der Waals surface area contributed by atoms with Gasteiger partial charge in [-0.25, -0.2) is 9.49 Å². The molecule has 174 valence electrons. The van der Waals surface area contributed by atoms with E-state index in [1.165, 1.54) is 10.7 Å². The second-order valence-corrected chi connectivity index (χ2v) is 8.01. The van der Waals surface area contributed by atoms with Gasteiger partial charge in [-0.1, -0.05) is 24.3 Å². The van der Waals surface area contributed by atoms with E-state index in [0.29, 0.717) is 56.4 Å². The number of hydrogen-bond donors (Lipinski definition) is 2. The summed E-state index contributed by atoms with van der Waals surface area (Å²) in [5, 5.41) is 23.1. The third kappa shape index (κ3) is 3.52. The number of aromatic amines is 1. The molecule has 0 bridgehead atoms. The smallest absolute Gasteiger partial charge is 0.275 e. The summed E-state index contributed by atoms with van der Waals surface area (Å²) in [6.07, 6.45) is 1.60. The van der Waals surface area contributed by atoms with Gasteiger partial charge >= 0.3 is 0 Å². The van der Waals surface area contributed by atoms with Gasteiger partial charge in [0.25, 0.3) is 5.56 Å². The number of halogens is 1. The van der Waals surface area contributed by atoms with Crippen LogP contribution in [0.4, 0.5) is 4.39 Å². The first-order valence-electron chi connectivity index (χ1n) is 11.0. The number of ether oxygens (including phenoxy) is 1. The summed E-state index contributed by atoms with van der Waals surface area (Å²) in [7, 11) is 1.69. The minimum absolute atomic E-state index is 0.0973. The Bertz CT molecular complexity index is 1710. The summed E-state index contributed by atoms with van der Waals surface area (Å²) in [5.41, 5.74) is 7.98. The standard InChI is InChI=1S/C26H21FN6O2/c1-3-35-22-10-15(8-17-21(12-29)31-32-26(34)24(17)22)19-13-30-33(2)25(19)23-18(11-28)16-7-5-4-6-14(16)9-20(23)27/h4-10,13H,3,12,29H2,1-2H3,(H,32,34). The summed E-state index contributed by atoms with van der Waals surface area (Å²) in [6, 6.07) is 14.3. The van der Waals surface area contributed by atoms with Crippen LogP contribution < -0.4 is 16.0 Å². The number of nitriles is 1. The van der Waals surface area contributed by atoms with Crippen LogP contribution in [0.15, 0.2) is 53.5 Å². The maximum atomic E-state index is 15.5. The SMILES string of the molecule is CCOc1cc(-c2cnn(C)c2-c2c(F)cc3ccccc3c2C#N)cc2c(CN)n[nH]c(=O)c12. The number of benzene rings is 3. The second kappa shape index (κ2) is 8.66. The Morgan fingerprint density at radius 1 is 1.23 bits per heavy atom. The molecule has 3 aromatic carbocycles. The van der Waals surface area contributed by atoms with Crippen molar-refractivity contribution < 1.29 is 9.13 Å². The van der Waals surface area contributed by atoms with Crippen molar-refractivity contribution in [3.63, 3.8) is 0 Å². The van der Waals surface area contributed by atoms with Crippen LogP contribution in [0.25, 0.3) is 43.9 Å². The van der Waals surface area contributed by atoms with Crippen LogP contribution in [0, 0.1) is 17.1 Å². The topological polar surface area (TPSA) is 123 Å². The van der Waals surface area contributed by atoms with Crippen LogP contribution in [0.1, 0.15) is 18.2 Å². The molecule has 3 N–H and O–H groups in total. The Morgan fingerprint density at radius 2 is 2.03 bits per heavy atom. The number of fused-ring (bicyclic) bond motifs is 2. The zero-order valence-electron chi connectivity index (χ0n) is 19.1. The zero-order valence-corrected chi connectivity index (χ0v) is 19.1. The fourth-order valence-electron chi connectivity index (χ4n) is 4.50. The van der Waals surface area contributed by atoms with Crippen molar-refractivity contribution >= 4 is 21.5 Å². The largest absolute Gasteiger partial charge is 0.493 e. The third-order valence-electron chi connectivity index (χ3n) is 6.03. The van der Waals surface area contributed by atoms with Gasteiger partial charge < -0.3 is 10.5 Å². The molecule has 0 spiro atoms. The van der Waals surface area contributed by atoms with Gasteiger partial charge in [0, 0.05) is 29.9 Å².